The van der Waals surface area contributed by atoms with E-state index < -0.39 is 0 Å². The van der Waals surface area contributed by atoms with Crippen LogP contribution in [-0.4, -0.2) is 47.2 Å². The molecule has 6 nitrogen and oxygen atoms in total. The van der Waals surface area contributed by atoms with Gasteiger partial charge >= 0.3 is 0 Å². The normalized spacial score (nSPS) is 27.7. The van der Waals surface area contributed by atoms with Crippen molar-refractivity contribution in [2.75, 3.05) is 31.1 Å². The largest absolute Gasteiger partial charge is 0.391 e. The van der Waals surface area contributed by atoms with E-state index in [0.717, 1.165) is 44.6 Å². The van der Waals surface area contributed by atoms with E-state index in [1.807, 2.05) is 4.90 Å². The van der Waals surface area contributed by atoms with E-state index in [1.165, 1.54) is 0 Å². The van der Waals surface area contributed by atoms with E-state index in [4.69, 9.17) is 0 Å². The molecular formula is C13H20N4O2. The van der Waals surface area contributed by atoms with Crippen molar-refractivity contribution >= 4 is 5.69 Å². The highest BCUT2D eigenvalue weighted by atomic mass is 16.3. The third kappa shape index (κ3) is 2.64. The average molecular weight is 264 g/mol. The number of hydrogen-bond donors (Lipinski definition) is 2. The van der Waals surface area contributed by atoms with Crippen LogP contribution in [0.25, 0.3) is 0 Å². The van der Waals surface area contributed by atoms with Gasteiger partial charge in [-0.1, -0.05) is 0 Å². The van der Waals surface area contributed by atoms with Crippen LogP contribution in [0.15, 0.2) is 17.1 Å². The van der Waals surface area contributed by atoms with Crippen LogP contribution in [0.1, 0.15) is 25.3 Å². The number of nitrogens with zero attached hydrogens (tertiary/aromatic N) is 3. The smallest absolute Gasteiger partial charge is 0.269 e. The Morgan fingerprint density at radius 3 is 2.95 bits per heavy atom. The minimum absolute atomic E-state index is 0.0485. The molecule has 6 heteroatoms. The Bertz CT molecular complexity index is 496. The molecule has 2 fully saturated rings. The fourth-order valence-electron chi connectivity index (χ4n) is 2.87. The van der Waals surface area contributed by atoms with Gasteiger partial charge in [0.2, 0.25) is 0 Å². The van der Waals surface area contributed by atoms with Crippen LogP contribution >= 0.6 is 0 Å². The quantitative estimate of drug-likeness (QED) is 0.770. The minimum atomic E-state index is -0.287. The number of anilines is 1. The zero-order valence-corrected chi connectivity index (χ0v) is 11.0. The average Bonchev–Trinajstić information content (AvgIpc) is 2.86. The maximum atomic E-state index is 12.2. The number of piperidine rings is 1. The summed E-state index contributed by atoms with van der Waals surface area (Å²) in [6.07, 6.45) is 4.30. The van der Waals surface area contributed by atoms with Crippen molar-refractivity contribution in [2.45, 2.75) is 31.4 Å². The standard InChI is InChI=1S/C13H20N4O2/c18-12-3-5-16(9-12)11-6-13(19)17(15-8-11)10-2-1-4-14-7-10/h6,8,10,12,14,18H,1-5,7,9H2/t10-,12+/m0/s1. The van der Waals surface area contributed by atoms with E-state index in [9.17, 15) is 9.90 Å². The summed E-state index contributed by atoms with van der Waals surface area (Å²) in [5.41, 5.74) is 0.772. The van der Waals surface area contributed by atoms with Crippen LogP contribution in [0.5, 0.6) is 0 Å². The van der Waals surface area contributed by atoms with Crippen LogP contribution in [0.2, 0.25) is 0 Å². The predicted octanol–water partition coefficient (Wildman–Crippen LogP) is -0.261. The van der Waals surface area contributed by atoms with Gasteiger partial charge in [0, 0.05) is 25.7 Å². The molecule has 1 aromatic heterocycles. The molecule has 2 aliphatic rings. The molecule has 0 unspecified atom stereocenters. The maximum absolute atomic E-state index is 12.2. The fraction of sp³-hybridized carbons (Fsp3) is 0.692. The van der Waals surface area contributed by atoms with Gasteiger partial charge in [-0.05, 0) is 25.8 Å². The van der Waals surface area contributed by atoms with Crippen molar-refractivity contribution in [1.82, 2.24) is 15.1 Å². The van der Waals surface area contributed by atoms with E-state index in [2.05, 4.69) is 10.4 Å². The molecule has 2 atom stereocenters. The second kappa shape index (κ2) is 5.30. The topological polar surface area (TPSA) is 70.4 Å². The van der Waals surface area contributed by atoms with Crippen molar-refractivity contribution < 1.29 is 5.11 Å². The molecule has 2 aliphatic heterocycles. The molecule has 0 amide bonds. The molecule has 2 saturated heterocycles. The highest BCUT2D eigenvalue weighted by Gasteiger charge is 2.22. The lowest BCUT2D eigenvalue weighted by Crippen LogP contribution is -2.38. The van der Waals surface area contributed by atoms with Crippen molar-refractivity contribution in [3.05, 3.63) is 22.6 Å². The lowest BCUT2D eigenvalue weighted by molar-refractivity contribution is 0.198. The van der Waals surface area contributed by atoms with E-state index in [1.54, 1.807) is 16.9 Å². The summed E-state index contributed by atoms with van der Waals surface area (Å²) >= 11 is 0. The summed E-state index contributed by atoms with van der Waals surface area (Å²) in [6.45, 7) is 3.22. The molecule has 2 N–H and O–H groups in total. The summed E-state index contributed by atoms with van der Waals surface area (Å²) in [6, 6.07) is 1.80. The van der Waals surface area contributed by atoms with Gasteiger partial charge < -0.3 is 15.3 Å². The van der Waals surface area contributed by atoms with Gasteiger partial charge in [-0.15, -0.1) is 0 Å². The summed E-state index contributed by atoms with van der Waals surface area (Å²) in [4.78, 5) is 14.2. The summed E-state index contributed by atoms with van der Waals surface area (Å²) in [5.74, 6) is 0. The second-order valence-corrected chi connectivity index (χ2v) is 5.39. The third-order valence-corrected chi connectivity index (χ3v) is 3.96. The molecule has 0 bridgehead atoms. The van der Waals surface area contributed by atoms with Gasteiger partial charge in [0.1, 0.15) is 0 Å². The Morgan fingerprint density at radius 1 is 1.42 bits per heavy atom. The number of nitrogens with one attached hydrogen (secondary N) is 1. The molecule has 3 rings (SSSR count). The van der Waals surface area contributed by atoms with Gasteiger partial charge in [-0.3, -0.25) is 4.79 Å². The van der Waals surface area contributed by atoms with Gasteiger partial charge in [0.25, 0.3) is 5.56 Å². The Labute approximate surface area is 112 Å². The van der Waals surface area contributed by atoms with Crippen LogP contribution in [0.4, 0.5) is 5.69 Å². The SMILES string of the molecule is O=c1cc(N2CC[C@@H](O)C2)cnn1[C@H]1CCCNC1. The van der Waals surface area contributed by atoms with Crippen LogP contribution < -0.4 is 15.8 Å². The van der Waals surface area contributed by atoms with Crippen LogP contribution in [-0.2, 0) is 0 Å². The van der Waals surface area contributed by atoms with Crippen molar-refractivity contribution in [3.63, 3.8) is 0 Å². The van der Waals surface area contributed by atoms with Gasteiger partial charge in [0.05, 0.1) is 24.0 Å². The first kappa shape index (κ1) is 12.6. The molecule has 0 spiro atoms. The molecule has 0 aliphatic carbocycles. The fourth-order valence-corrected chi connectivity index (χ4v) is 2.87. The van der Waals surface area contributed by atoms with Crippen LogP contribution in [0.3, 0.4) is 0 Å². The van der Waals surface area contributed by atoms with Crippen molar-refractivity contribution in [1.29, 1.82) is 0 Å². The molecule has 0 radical (unpaired) electrons. The molecule has 0 aromatic carbocycles. The first-order chi connectivity index (χ1) is 9.24. The lowest BCUT2D eigenvalue weighted by atomic mass is 10.1. The Kier molecular flexibility index (Phi) is 3.52. The molecule has 3 heterocycles. The highest BCUT2D eigenvalue weighted by molar-refractivity contribution is 5.44. The number of hydrogen-bond acceptors (Lipinski definition) is 5. The minimum Gasteiger partial charge on any atom is -0.391 e. The van der Waals surface area contributed by atoms with Crippen LogP contribution in [0, 0.1) is 0 Å². The molecule has 104 valence electrons. The molecule has 0 saturated carbocycles. The summed E-state index contributed by atoms with van der Waals surface area (Å²) < 4.78 is 1.59. The Balaban J connectivity index is 1.79. The van der Waals surface area contributed by atoms with Gasteiger partial charge in [-0.2, -0.15) is 5.10 Å². The van der Waals surface area contributed by atoms with E-state index in [0.29, 0.717) is 6.54 Å². The number of aliphatic hydroxyl groups excluding tert-OH is 1. The van der Waals surface area contributed by atoms with E-state index >= 15 is 0 Å². The highest BCUT2D eigenvalue weighted by Crippen LogP contribution is 2.19. The number of β-amino-alcohol motifs (C(OH)–C–C–N with tert-alkyl or cyclic N) is 1. The number of aromatic nitrogens is 2. The zero-order valence-electron chi connectivity index (χ0n) is 11.0. The lowest BCUT2D eigenvalue weighted by Gasteiger charge is -2.24. The second-order valence-electron chi connectivity index (χ2n) is 5.39. The van der Waals surface area contributed by atoms with Crippen molar-refractivity contribution in [2.24, 2.45) is 0 Å². The summed E-state index contributed by atoms with van der Waals surface area (Å²) in [5, 5.41) is 17.1. The van der Waals surface area contributed by atoms with E-state index in [-0.39, 0.29) is 17.7 Å². The molecular weight excluding hydrogens is 244 g/mol. The summed E-state index contributed by atoms with van der Waals surface area (Å²) in [7, 11) is 0. The predicted molar refractivity (Wildman–Crippen MR) is 72.5 cm³/mol. The maximum Gasteiger partial charge on any atom is 0.269 e. The Hall–Kier alpha value is -1.40. The number of rotatable bonds is 2. The number of aliphatic hydroxyl groups is 1. The van der Waals surface area contributed by atoms with Gasteiger partial charge in [-0.25, -0.2) is 4.68 Å². The molecule has 1 aromatic rings. The first-order valence-corrected chi connectivity index (χ1v) is 6.96. The van der Waals surface area contributed by atoms with Crippen molar-refractivity contribution in [3.8, 4) is 0 Å². The monoisotopic (exact) mass is 264 g/mol. The first-order valence-electron chi connectivity index (χ1n) is 6.96. The third-order valence-electron chi connectivity index (χ3n) is 3.96. The molecule has 19 heavy (non-hydrogen) atoms. The van der Waals surface area contributed by atoms with Gasteiger partial charge in [0.15, 0.2) is 0 Å². The Morgan fingerprint density at radius 2 is 2.32 bits per heavy atom. The zero-order chi connectivity index (χ0) is 13.2.